The fourth-order valence-electron chi connectivity index (χ4n) is 1.45. The molecule has 0 heterocycles. The lowest BCUT2D eigenvalue weighted by molar-refractivity contribution is -0.385. The van der Waals surface area contributed by atoms with E-state index < -0.39 is 14.9 Å². The summed E-state index contributed by atoms with van der Waals surface area (Å²) < 4.78 is 25.5. The van der Waals surface area contributed by atoms with E-state index in [-0.39, 0.29) is 29.2 Å². The van der Waals surface area contributed by atoms with Crippen molar-refractivity contribution in [1.29, 1.82) is 5.26 Å². The van der Waals surface area contributed by atoms with Gasteiger partial charge in [-0.3, -0.25) is 16.0 Å². The van der Waals surface area contributed by atoms with Crippen molar-refractivity contribution in [2.45, 2.75) is 11.3 Å². The number of anilines is 1. The number of hydrogen-bond donors (Lipinski definition) is 2. The molecule has 0 fully saturated rings. The Morgan fingerprint density at radius 3 is 2.70 bits per heavy atom. The summed E-state index contributed by atoms with van der Waals surface area (Å²) >= 11 is 0. The number of nitriles is 1. The Kier molecular flexibility index (Phi) is 4.98. The average molecular weight is 299 g/mol. The van der Waals surface area contributed by atoms with Crippen LogP contribution in [0.3, 0.4) is 0 Å². The topological polar surface area (TPSA) is 142 Å². The molecular formula is C10H13N5O4S. The van der Waals surface area contributed by atoms with Gasteiger partial charge in [0.2, 0.25) is 10.0 Å². The third kappa shape index (κ3) is 3.21. The molecule has 0 aliphatic heterocycles. The van der Waals surface area contributed by atoms with Crippen LogP contribution in [0.25, 0.3) is 0 Å². The summed E-state index contributed by atoms with van der Waals surface area (Å²) in [6, 6.07) is 5.10. The number of rotatable bonds is 6. The smallest absolute Gasteiger partial charge is 0.270 e. The largest absolute Gasteiger partial charge is 0.323 e. The molecule has 0 unspecified atom stereocenters. The van der Waals surface area contributed by atoms with Gasteiger partial charge in [-0.05, 0) is 6.07 Å². The van der Waals surface area contributed by atoms with Crippen molar-refractivity contribution >= 4 is 21.4 Å². The van der Waals surface area contributed by atoms with Crippen LogP contribution in [0.2, 0.25) is 0 Å². The second-order valence-electron chi connectivity index (χ2n) is 3.82. The monoisotopic (exact) mass is 299 g/mol. The Morgan fingerprint density at radius 1 is 1.55 bits per heavy atom. The maximum absolute atomic E-state index is 12.3. The number of nitrogens with one attached hydrogen (secondary N) is 1. The van der Waals surface area contributed by atoms with Crippen LogP contribution in [-0.2, 0) is 10.0 Å². The molecule has 0 bridgehead atoms. The zero-order valence-electron chi connectivity index (χ0n) is 10.6. The van der Waals surface area contributed by atoms with E-state index in [1.807, 2.05) is 6.07 Å². The number of hydrogen-bond acceptors (Lipinski definition) is 7. The minimum absolute atomic E-state index is 0.00996. The van der Waals surface area contributed by atoms with Crippen LogP contribution >= 0.6 is 0 Å². The molecule has 1 rings (SSSR count). The summed E-state index contributed by atoms with van der Waals surface area (Å²) in [5, 5.41) is 19.2. The van der Waals surface area contributed by atoms with Gasteiger partial charge in [-0.1, -0.05) is 0 Å². The first-order chi connectivity index (χ1) is 9.34. The van der Waals surface area contributed by atoms with Crippen LogP contribution in [0.5, 0.6) is 0 Å². The summed E-state index contributed by atoms with van der Waals surface area (Å²) in [6.45, 7) is -0.0223. The fraction of sp³-hybridized carbons (Fsp3) is 0.300. The van der Waals surface area contributed by atoms with Gasteiger partial charge < -0.3 is 5.43 Å². The van der Waals surface area contributed by atoms with Crippen molar-refractivity contribution in [2.24, 2.45) is 5.84 Å². The van der Waals surface area contributed by atoms with Crippen LogP contribution in [-0.4, -0.2) is 31.2 Å². The number of nitro groups is 1. The van der Waals surface area contributed by atoms with Crippen molar-refractivity contribution < 1.29 is 13.3 Å². The number of hydrazine groups is 1. The standard InChI is InChI=1S/C10H13N5O4S/c1-14(6-2-5-11)20(18,19)10-7-8(15(16)17)3-4-9(10)13-12/h3-4,7,13H,2,6,12H2,1H3. The molecule has 10 heteroatoms. The van der Waals surface area contributed by atoms with E-state index in [1.54, 1.807) is 0 Å². The number of nitrogens with two attached hydrogens (primary N) is 1. The van der Waals surface area contributed by atoms with Crippen molar-refractivity contribution in [1.82, 2.24) is 4.31 Å². The summed E-state index contributed by atoms with van der Waals surface area (Å²) in [5.41, 5.74) is 1.86. The van der Waals surface area contributed by atoms with E-state index in [1.165, 1.54) is 13.1 Å². The Hall–Kier alpha value is -2.22. The van der Waals surface area contributed by atoms with Crippen LogP contribution in [0.15, 0.2) is 23.1 Å². The molecule has 0 aromatic heterocycles. The maximum Gasteiger partial charge on any atom is 0.270 e. The van der Waals surface area contributed by atoms with Crippen LogP contribution in [0.4, 0.5) is 11.4 Å². The molecule has 108 valence electrons. The number of nitrogens with zero attached hydrogens (tertiary/aromatic N) is 3. The second kappa shape index (κ2) is 6.29. The Morgan fingerprint density at radius 2 is 2.20 bits per heavy atom. The van der Waals surface area contributed by atoms with E-state index in [0.717, 1.165) is 16.4 Å². The van der Waals surface area contributed by atoms with Gasteiger partial charge in [0, 0.05) is 32.1 Å². The molecule has 0 spiro atoms. The van der Waals surface area contributed by atoms with Crippen LogP contribution in [0.1, 0.15) is 6.42 Å². The molecule has 20 heavy (non-hydrogen) atoms. The molecule has 0 radical (unpaired) electrons. The lowest BCUT2D eigenvalue weighted by Gasteiger charge is -2.17. The Bertz CT molecular complexity index is 652. The number of benzene rings is 1. The maximum atomic E-state index is 12.3. The van der Waals surface area contributed by atoms with Gasteiger partial charge in [-0.2, -0.15) is 9.57 Å². The minimum atomic E-state index is -3.97. The lowest BCUT2D eigenvalue weighted by atomic mass is 10.3. The first kappa shape index (κ1) is 15.8. The minimum Gasteiger partial charge on any atom is -0.323 e. The highest BCUT2D eigenvalue weighted by atomic mass is 32.2. The van der Waals surface area contributed by atoms with Gasteiger partial charge in [-0.15, -0.1) is 0 Å². The third-order valence-corrected chi connectivity index (χ3v) is 4.46. The molecule has 9 nitrogen and oxygen atoms in total. The average Bonchev–Trinajstić information content (AvgIpc) is 2.43. The van der Waals surface area contributed by atoms with E-state index in [4.69, 9.17) is 11.1 Å². The molecule has 0 aliphatic rings. The number of nitrogen functional groups attached to an aromatic ring is 1. The number of non-ortho nitro benzene ring substituents is 1. The summed E-state index contributed by atoms with van der Waals surface area (Å²) in [7, 11) is -2.69. The van der Waals surface area contributed by atoms with Gasteiger partial charge in [0.05, 0.1) is 16.7 Å². The van der Waals surface area contributed by atoms with Crippen LogP contribution in [0, 0.1) is 21.4 Å². The van der Waals surface area contributed by atoms with Gasteiger partial charge in [0.25, 0.3) is 5.69 Å². The molecule has 3 N–H and O–H groups in total. The predicted molar refractivity (Wildman–Crippen MR) is 71.0 cm³/mol. The number of sulfonamides is 1. The molecule has 0 saturated carbocycles. The molecule has 1 aromatic rings. The Labute approximate surface area is 115 Å². The zero-order chi connectivity index (χ0) is 15.3. The molecule has 0 saturated heterocycles. The van der Waals surface area contributed by atoms with Crippen LogP contribution < -0.4 is 11.3 Å². The predicted octanol–water partition coefficient (Wildman–Crippen LogP) is 0.415. The molecule has 0 atom stereocenters. The van der Waals surface area contributed by atoms with Gasteiger partial charge in [-0.25, -0.2) is 8.42 Å². The molecule has 0 amide bonds. The van der Waals surface area contributed by atoms with E-state index in [0.29, 0.717) is 0 Å². The zero-order valence-corrected chi connectivity index (χ0v) is 11.4. The van der Waals surface area contributed by atoms with Gasteiger partial charge in [0.1, 0.15) is 4.90 Å². The van der Waals surface area contributed by atoms with E-state index >= 15 is 0 Å². The highest BCUT2D eigenvalue weighted by Gasteiger charge is 2.26. The van der Waals surface area contributed by atoms with E-state index in [9.17, 15) is 18.5 Å². The third-order valence-electron chi connectivity index (χ3n) is 2.56. The fourth-order valence-corrected chi connectivity index (χ4v) is 2.79. The SMILES string of the molecule is CN(CCC#N)S(=O)(=O)c1cc([N+](=O)[O-])ccc1NN. The highest BCUT2D eigenvalue weighted by molar-refractivity contribution is 7.89. The lowest BCUT2D eigenvalue weighted by Crippen LogP contribution is -2.29. The Balaban J connectivity index is 3.32. The van der Waals surface area contributed by atoms with Gasteiger partial charge in [0.15, 0.2) is 0 Å². The summed E-state index contributed by atoms with van der Waals surface area (Å²) in [5.74, 6) is 5.22. The summed E-state index contributed by atoms with van der Waals surface area (Å²) in [6.07, 6.45) is 0.00996. The van der Waals surface area contributed by atoms with Crippen molar-refractivity contribution in [3.05, 3.63) is 28.3 Å². The first-order valence-electron chi connectivity index (χ1n) is 5.43. The van der Waals surface area contributed by atoms with E-state index in [2.05, 4.69) is 5.43 Å². The quantitative estimate of drug-likeness (QED) is 0.440. The summed E-state index contributed by atoms with van der Waals surface area (Å²) in [4.78, 5) is 9.71. The van der Waals surface area contributed by atoms with Crippen molar-refractivity contribution in [2.75, 3.05) is 19.0 Å². The molecule has 0 aliphatic carbocycles. The second-order valence-corrected chi connectivity index (χ2v) is 5.83. The highest BCUT2D eigenvalue weighted by Crippen LogP contribution is 2.27. The molecule has 1 aromatic carbocycles. The van der Waals surface area contributed by atoms with Crippen molar-refractivity contribution in [3.8, 4) is 6.07 Å². The van der Waals surface area contributed by atoms with Crippen molar-refractivity contribution in [3.63, 3.8) is 0 Å². The normalized spacial score (nSPS) is 11.1. The first-order valence-corrected chi connectivity index (χ1v) is 6.87. The molecular weight excluding hydrogens is 286 g/mol. The number of nitro benzene ring substituents is 1. The van der Waals surface area contributed by atoms with Gasteiger partial charge >= 0.3 is 0 Å².